The van der Waals surface area contributed by atoms with E-state index in [0.29, 0.717) is 19.6 Å². The van der Waals surface area contributed by atoms with Crippen LogP contribution in [0.1, 0.15) is 17.5 Å². The fourth-order valence-corrected chi connectivity index (χ4v) is 3.46. The van der Waals surface area contributed by atoms with Crippen molar-refractivity contribution in [3.63, 3.8) is 0 Å². The molecular weight excluding hydrogens is 302 g/mol. The molecule has 0 radical (unpaired) electrons. The van der Waals surface area contributed by atoms with E-state index in [4.69, 9.17) is 4.74 Å². The Morgan fingerprint density at radius 2 is 2.00 bits per heavy atom. The van der Waals surface area contributed by atoms with Gasteiger partial charge in [0.05, 0.1) is 18.8 Å². The van der Waals surface area contributed by atoms with Gasteiger partial charge in [-0.3, -0.25) is 9.78 Å². The molecule has 5 heteroatoms. The lowest BCUT2D eigenvalue weighted by Crippen LogP contribution is -2.56. The maximum Gasteiger partial charge on any atom is 0.227 e. The van der Waals surface area contributed by atoms with Crippen molar-refractivity contribution in [2.75, 3.05) is 32.2 Å². The monoisotopic (exact) mass is 323 g/mol. The van der Waals surface area contributed by atoms with Gasteiger partial charge in [-0.15, -0.1) is 0 Å². The van der Waals surface area contributed by atoms with Crippen LogP contribution >= 0.6 is 0 Å². The number of aromatic nitrogens is 1. The van der Waals surface area contributed by atoms with E-state index in [1.54, 1.807) is 4.90 Å². The number of nitrogens with zero attached hydrogens (tertiary/aromatic N) is 2. The zero-order chi connectivity index (χ0) is 16.7. The first-order valence-corrected chi connectivity index (χ1v) is 8.25. The lowest BCUT2D eigenvalue weighted by molar-refractivity contribution is -0.118. The average molecular weight is 323 g/mol. The third-order valence-corrected chi connectivity index (χ3v) is 5.22. The molecule has 1 saturated heterocycles. The van der Waals surface area contributed by atoms with Crippen molar-refractivity contribution in [2.45, 2.75) is 18.4 Å². The Morgan fingerprint density at radius 3 is 2.71 bits per heavy atom. The summed E-state index contributed by atoms with van der Waals surface area (Å²) in [5.41, 5.74) is 5.49. The van der Waals surface area contributed by atoms with Gasteiger partial charge in [-0.2, -0.15) is 0 Å². The van der Waals surface area contributed by atoms with E-state index in [0.717, 1.165) is 28.8 Å². The average Bonchev–Trinajstić information content (AvgIpc) is 2.58. The minimum absolute atomic E-state index is 0.121. The summed E-state index contributed by atoms with van der Waals surface area (Å²) < 4.78 is 5.40. The van der Waals surface area contributed by atoms with Gasteiger partial charge in [-0.25, -0.2) is 0 Å². The lowest BCUT2D eigenvalue weighted by atomic mass is 9.87. The number of amides is 1. The first-order valence-electron chi connectivity index (χ1n) is 8.25. The van der Waals surface area contributed by atoms with Crippen LogP contribution in [0.25, 0.3) is 11.1 Å². The quantitative estimate of drug-likeness (QED) is 0.940. The molecule has 0 saturated carbocycles. The molecule has 1 aromatic carbocycles. The van der Waals surface area contributed by atoms with E-state index < -0.39 is 0 Å². The Bertz CT molecular complexity index is 793. The number of pyridine rings is 1. The summed E-state index contributed by atoms with van der Waals surface area (Å²) in [5.74, 6) is 0.180. The van der Waals surface area contributed by atoms with Crippen LogP contribution in [0.15, 0.2) is 36.7 Å². The maximum absolute atomic E-state index is 11.8. The smallest absolute Gasteiger partial charge is 0.227 e. The molecular formula is C19H21N3O2. The Morgan fingerprint density at radius 1 is 1.17 bits per heavy atom. The van der Waals surface area contributed by atoms with Gasteiger partial charge in [-0.05, 0) is 48.4 Å². The van der Waals surface area contributed by atoms with Gasteiger partial charge in [-0.1, -0.05) is 6.07 Å². The van der Waals surface area contributed by atoms with E-state index >= 15 is 0 Å². The highest BCUT2D eigenvalue weighted by Crippen LogP contribution is 2.34. The van der Waals surface area contributed by atoms with Crippen LogP contribution in [-0.4, -0.2) is 38.2 Å². The molecule has 0 bridgehead atoms. The number of benzene rings is 1. The fourth-order valence-electron chi connectivity index (χ4n) is 3.46. The van der Waals surface area contributed by atoms with E-state index in [2.05, 4.69) is 28.5 Å². The normalized spacial score (nSPS) is 18.9. The standard InChI is InChI=1S/C19H21N3O2/c1-20-19(11-24-12-19)16-8-15(9-21-10-16)13-3-5-17-14(7-13)4-6-18(23)22(17)2/h3,5,7-10,20H,4,6,11-12H2,1-2H3. The summed E-state index contributed by atoms with van der Waals surface area (Å²) in [6, 6.07) is 8.47. The third kappa shape index (κ3) is 2.32. The molecule has 0 aliphatic carbocycles. The molecule has 0 spiro atoms. The second-order valence-electron chi connectivity index (χ2n) is 6.58. The van der Waals surface area contributed by atoms with Gasteiger partial charge in [0.15, 0.2) is 0 Å². The zero-order valence-electron chi connectivity index (χ0n) is 14.0. The number of anilines is 1. The molecule has 1 fully saturated rings. The molecule has 1 amide bonds. The number of likely N-dealkylation sites (N-methyl/N-ethyl adjacent to an activating group) is 1. The van der Waals surface area contributed by atoms with Crippen molar-refractivity contribution in [1.29, 1.82) is 0 Å². The van der Waals surface area contributed by atoms with Gasteiger partial charge in [0.1, 0.15) is 0 Å². The van der Waals surface area contributed by atoms with Crippen molar-refractivity contribution < 1.29 is 9.53 Å². The number of aryl methyl sites for hydroxylation is 1. The number of nitrogens with one attached hydrogen (secondary N) is 1. The highest BCUT2D eigenvalue weighted by Gasteiger charge is 2.39. The van der Waals surface area contributed by atoms with Gasteiger partial charge < -0.3 is 15.0 Å². The number of rotatable bonds is 3. The number of hydrogen-bond donors (Lipinski definition) is 1. The predicted molar refractivity (Wildman–Crippen MR) is 93.0 cm³/mol. The van der Waals surface area contributed by atoms with Crippen LogP contribution in [0.4, 0.5) is 5.69 Å². The largest absolute Gasteiger partial charge is 0.377 e. The number of carbonyl (C=O) groups excluding carboxylic acids is 1. The van der Waals surface area contributed by atoms with Crippen LogP contribution in [-0.2, 0) is 21.5 Å². The molecule has 0 unspecified atom stereocenters. The van der Waals surface area contributed by atoms with Crippen LogP contribution in [0.3, 0.4) is 0 Å². The highest BCUT2D eigenvalue weighted by molar-refractivity contribution is 5.96. The molecule has 1 N–H and O–H groups in total. The molecule has 24 heavy (non-hydrogen) atoms. The lowest BCUT2D eigenvalue weighted by Gasteiger charge is -2.41. The van der Waals surface area contributed by atoms with Crippen molar-refractivity contribution in [1.82, 2.24) is 10.3 Å². The summed E-state index contributed by atoms with van der Waals surface area (Å²) in [4.78, 5) is 18.0. The highest BCUT2D eigenvalue weighted by atomic mass is 16.5. The third-order valence-electron chi connectivity index (χ3n) is 5.22. The van der Waals surface area contributed by atoms with E-state index in [1.165, 1.54) is 5.56 Å². The molecule has 4 rings (SSSR count). The second kappa shape index (κ2) is 5.69. The van der Waals surface area contributed by atoms with Crippen molar-refractivity contribution >= 4 is 11.6 Å². The van der Waals surface area contributed by atoms with E-state index in [1.807, 2.05) is 32.6 Å². The predicted octanol–water partition coefficient (Wildman–Crippen LogP) is 2.10. The minimum Gasteiger partial charge on any atom is -0.377 e. The van der Waals surface area contributed by atoms with E-state index in [9.17, 15) is 4.79 Å². The van der Waals surface area contributed by atoms with Crippen LogP contribution in [0.2, 0.25) is 0 Å². The molecule has 5 nitrogen and oxygen atoms in total. The maximum atomic E-state index is 11.8. The molecule has 3 heterocycles. The molecule has 124 valence electrons. The summed E-state index contributed by atoms with van der Waals surface area (Å²) >= 11 is 0. The van der Waals surface area contributed by atoms with Crippen molar-refractivity contribution in [3.8, 4) is 11.1 Å². The number of ether oxygens (including phenoxy) is 1. The zero-order valence-corrected chi connectivity index (χ0v) is 14.0. The van der Waals surface area contributed by atoms with Gasteiger partial charge in [0.2, 0.25) is 5.91 Å². The molecule has 0 atom stereocenters. The van der Waals surface area contributed by atoms with Gasteiger partial charge in [0, 0.05) is 37.1 Å². The Hall–Kier alpha value is -2.24. The first-order chi connectivity index (χ1) is 11.6. The second-order valence-corrected chi connectivity index (χ2v) is 6.58. The van der Waals surface area contributed by atoms with Gasteiger partial charge in [0.25, 0.3) is 0 Å². The summed E-state index contributed by atoms with van der Waals surface area (Å²) in [5, 5.41) is 3.36. The number of hydrogen-bond acceptors (Lipinski definition) is 4. The summed E-state index contributed by atoms with van der Waals surface area (Å²) in [6.45, 7) is 1.34. The van der Waals surface area contributed by atoms with Crippen LogP contribution < -0.4 is 10.2 Å². The minimum atomic E-state index is -0.121. The Balaban J connectivity index is 1.71. The van der Waals surface area contributed by atoms with E-state index in [-0.39, 0.29) is 11.4 Å². The Kier molecular flexibility index (Phi) is 3.62. The number of fused-ring (bicyclic) bond motifs is 1. The molecule has 2 aliphatic rings. The topological polar surface area (TPSA) is 54.5 Å². The first kappa shape index (κ1) is 15.3. The SMILES string of the molecule is CNC1(c2cncc(-c3ccc4c(c3)CCC(=O)N4C)c2)COC1. The Labute approximate surface area is 141 Å². The van der Waals surface area contributed by atoms with Crippen LogP contribution in [0, 0.1) is 0 Å². The molecule has 2 aliphatic heterocycles. The van der Waals surface area contributed by atoms with Gasteiger partial charge >= 0.3 is 0 Å². The fraction of sp³-hybridized carbons (Fsp3) is 0.368. The van der Waals surface area contributed by atoms with Crippen LogP contribution in [0.5, 0.6) is 0 Å². The summed E-state index contributed by atoms with van der Waals surface area (Å²) in [7, 11) is 3.80. The molecule has 2 aromatic rings. The summed E-state index contributed by atoms with van der Waals surface area (Å²) in [6.07, 6.45) is 5.18. The number of carbonyl (C=O) groups is 1. The molecule has 1 aromatic heterocycles. The van der Waals surface area contributed by atoms with Crippen molar-refractivity contribution in [2.24, 2.45) is 0 Å². The van der Waals surface area contributed by atoms with Crippen molar-refractivity contribution in [3.05, 3.63) is 47.8 Å².